The van der Waals surface area contributed by atoms with Gasteiger partial charge in [0, 0.05) is 24.9 Å². The van der Waals surface area contributed by atoms with Crippen LogP contribution in [0.1, 0.15) is 39.2 Å². The van der Waals surface area contributed by atoms with Gasteiger partial charge >= 0.3 is 6.09 Å². The van der Waals surface area contributed by atoms with E-state index in [4.69, 9.17) is 21.1 Å². The van der Waals surface area contributed by atoms with Gasteiger partial charge in [-0.05, 0) is 32.9 Å². The van der Waals surface area contributed by atoms with Crippen LogP contribution in [0.2, 0.25) is 5.02 Å². The highest BCUT2D eigenvalue weighted by Gasteiger charge is 2.47. The Bertz CT molecular complexity index is 991. The normalized spacial score (nSPS) is 22.0. The first-order valence-electron chi connectivity index (χ1n) is 9.79. The van der Waals surface area contributed by atoms with Crippen LogP contribution in [0.15, 0.2) is 41.9 Å². The van der Waals surface area contributed by atoms with Crippen molar-refractivity contribution in [2.75, 3.05) is 18.5 Å². The Hall–Kier alpha value is -2.87. The number of hydrogen-bond acceptors (Lipinski definition) is 7. The Morgan fingerprint density at radius 2 is 2.17 bits per heavy atom. The number of hydrazone groups is 1. The van der Waals surface area contributed by atoms with Crippen molar-refractivity contribution in [3.63, 3.8) is 0 Å². The van der Waals surface area contributed by atoms with Crippen LogP contribution in [-0.2, 0) is 4.74 Å². The lowest BCUT2D eigenvalue weighted by Crippen LogP contribution is -2.46. The van der Waals surface area contributed by atoms with Crippen molar-refractivity contribution in [1.82, 2.24) is 14.9 Å². The maximum atomic E-state index is 12.5. The number of benzene rings is 1. The number of rotatable bonds is 2. The molecule has 3 heterocycles. The zero-order valence-corrected chi connectivity index (χ0v) is 17.9. The van der Waals surface area contributed by atoms with Crippen molar-refractivity contribution >= 4 is 29.2 Å². The van der Waals surface area contributed by atoms with E-state index in [0.29, 0.717) is 36.8 Å². The number of carbonyl (C=O) groups is 1. The number of nitrogens with zero attached hydrogens (tertiary/aromatic N) is 4. The molecule has 1 saturated heterocycles. The molecule has 30 heavy (non-hydrogen) atoms. The summed E-state index contributed by atoms with van der Waals surface area (Å²) in [6.07, 6.45) is 3.81. The zero-order chi connectivity index (χ0) is 21.4. The van der Waals surface area contributed by atoms with Crippen LogP contribution in [0.4, 0.5) is 10.6 Å². The Morgan fingerprint density at radius 3 is 2.93 bits per heavy atom. The molecule has 8 nitrogen and oxygen atoms in total. The van der Waals surface area contributed by atoms with E-state index in [1.165, 1.54) is 12.5 Å². The minimum Gasteiger partial charge on any atom is -0.484 e. The van der Waals surface area contributed by atoms with Gasteiger partial charge in [-0.1, -0.05) is 23.7 Å². The predicted octanol–water partition coefficient (Wildman–Crippen LogP) is 4.11. The highest BCUT2D eigenvalue weighted by Crippen LogP contribution is 2.39. The molecular formula is C21H24ClN5O3. The van der Waals surface area contributed by atoms with E-state index < -0.39 is 11.2 Å². The van der Waals surface area contributed by atoms with E-state index >= 15 is 0 Å². The molecule has 0 aliphatic carbocycles. The van der Waals surface area contributed by atoms with Gasteiger partial charge in [0.25, 0.3) is 0 Å². The molecule has 1 unspecified atom stereocenters. The Kier molecular flexibility index (Phi) is 5.27. The summed E-state index contributed by atoms with van der Waals surface area (Å²) in [5.74, 6) is 1.17. The molecule has 0 saturated carbocycles. The summed E-state index contributed by atoms with van der Waals surface area (Å²) < 4.78 is 11.9. The maximum Gasteiger partial charge on any atom is 0.410 e. The third-order valence-corrected chi connectivity index (χ3v) is 5.22. The lowest BCUT2D eigenvalue weighted by molar-refractivity contribution is 0.0210. The summed E-state index contributed by atoms with van der Waals surface area (Å²) in [6.45, 7) is 6.58. The quantitative estimate of drug-likeness (QED) is 0.722. The molecular weight excluding hydrogens is 406 g/mol. The number of carbonyl (C=O) groups excluding carboxylic acids is 1. The molecule has 2 aromatic rings. The van der Waals surface area contributed by atoms with Crippen LogP contribution in [0.5, 0.6) is 5.75 Å². The van der Waals surface area contributed by atoms with Gasteiger partial charge in [0.05, 0.1) is 18.5 Å². The van der Waals surface area contributed by atoms with Gasteiger partial charge in [0.1, 0.15) is 28.3 Å². The molecule has 1 amide bonds. The Balaban J connectivity index is 1.58. The zero-order valence-electron chi connectivity index (χ0n) is 17.2. The second-order valence-corrected chi connectivity index (χ2v) is 8.91. The number of ether oxygens (including phenoxy) is 2. The molecule has 2 aliphatic heterocycles. The van der Waals surface area contributed by atoms with Crippen molar-refractivity contribution in [3.8, 4) is 5.75 Å². The summed E-state index contributed by atoms with van der Waals surface area (Å²) in [4.78, 5) is 22.2. The van der Waals surface area contributed by atoms with E-state index in [1.54, 1.807) is 4.90 Å². The largest absolute Gasteiger partial charge is 0.484 e. The van der Waals surface area contributed by atoms with E-state index in [9.17, 15) is 4.79 Å². The van der Waals surface area contributed by atoms with Gasteiger partial charge < -0.3 is 14.4 Å². The summed E-state index contributed by atoms with van der Waals surface area (Å²) in [5, 5.41) is 4.96. The predicted molar refractivity (Wildman–Crippen MR) is 114 cm³/mol. The van der Waals surface area contributed by atoms with Crippen LogP contribution in [0, 0.1) is 0 Å². The molecule has 1 aromatic heterocycles. The smallest absolute Gasteiger partial charge is 0.410 e. The fourth-order valence-electron chi connectivity index (χ4n) is 3.63. The number of para-hydroxylation sites is 1. The third-order valence-electron chi connectivity index (χ3n) is 4.95. The number of halogens is 1. The molecule has 1 atom stereocenters. The van der Waals surface area contributed by atoms with E-state index in [2.05, 4.69) is 20.5 Å². The van der Waals surface area contributed by atoms with Crippen LogP contribution in [-0.4, -0.2) is 51.0 Å². The summed E-state index contributed by atoms with van der Waals surface area (Å²) >= 11 is 6.13. The maximum absolute atomic E-state index is 12.5. The summed E-state index contributed by atoms with van der Waals surface area (Å²) in [7, 11) is 0. The van der Waals surface area contributed by atoms with Gasteiger partial charge in [0.15, 0.2) is 5.82 Å². The number of aromatic nitrogens is 2. The third kappa shape index (κ3) is 4.33. The second-order valence-electron chi connectivity index (χ2n) is 8.50. The van der Waals surface area contributed by atoms with Gasteiger partial charge in [-0.2, -0.15) is 5.10 Å². The first kappa shape index (κ1) is 20.4. The number of nitrogens with one attached hydrogen (secondary N) is 1. The number of likely N-dealkylation sites (tertiary alicyclic amines) is 1. The first-order chi connectivity index (χ1) is 14.2. The number of anilines is 1. The molecule has 9 heteroatoms. The van der Waals surface area contributed by atoms with Crippen molar-refractivity contribution < 1.29 is 14.3 Å². The first-order valence-corrected chi connectivity index (χ1v) is 10.2. The van der Waals surface area contributed by atoms with E-state index in [1.807, 2.05) is 45.0 Å². The standard InChI is InChI=1S/C21H24ClN5O3/c1-20(2,3)30-19(28)27-9-8-21(12-27)10-16(14-6-4-5-7-17(14)29-21)25-26-18-15(22)11-23-13-24-18/h4-7,11,13H,8-10,12H2,1-3H3,(H,23,24,26)/b25-16+. The molecule has 4 rings (SSSR count). The molecule has 2 aliphatic rings. The summed E-state index contributed by atoms with van der Waals surface area (Å²) in [5.41, 5.74) is 3.56. The molecule has 1 fully saturated rings. The molecule has 0 bridgehead atoms. The van der Waals surface area contributed by atoms with Gasteiger partial charge in [-0.25, -0.2) is 14.8 Å². The minimum absolute atomic E-state index is 0.328. The molecule has 1 aromatic carbocycles. The van der Waals surface area contributed by atoms with E-state index in [-0.39, 0.29) is 6.09 Å². The monoisotopic (exact) mass is 429 g/mol. The second kappa shape index (κ2) is 7.75. The Morgan fingerprint density at radius 1 is 1.37 bits per heavy atom. The number of fused-ring (bicyclic) bond motifs is 1. The Labute approximate surface area is 180 Å². The fourth-order valence-corrected chi connectivity index (χ4v) is 3.78. The van der Waals surface area contributed by atoms with Crippen molar-refractivity contribution in [2.24, 2.45) is 5.10 Å². The van der Waals surface area contributed by atoms with Crippen LogP contribution in [0.3, 0.4) is 0 Å². The molecule has 158 valence electrons. The van der Waals surface area contributed by atoms with Crippen LogP contribution < -0.4 is 10.2 Å². The highest BCUT2D eigenvalue weighted by atomic mass is 35.5. The SMILES string of the molecule is CC(C)(C)OC(=O)N1CCC2(C/C(=N\Nc3ncncc3Cl)c3ccccc3O2)C1. The van der Waals surface area contributed by atoms with E-state index in [0.717, 1.165) is 17.0 Å². The lowest BCUT2D eigenvalue weighted by Gasteiger charge is -2.36. The summed E-state index contributed by atoms with van der Waals surface area (Å²) in [6, 6.07) is 7.74. The highest BCUT2D eigenvalue weighted by molar-refractivity contribution is 6.32. The van der Waals surface area contributed by atoms with Gasteiger partial charge in [-0.15, -0.1) is 0 Å². The van der Waals surface area contributed by atoms with Crippen LogP contribution in [0.25, 0.3) is 0 Å². The average Bonchev–Trinajstić information content (AvgIpc) is 3.09. The van der Waals surface area contributed by atoms with Crippen molar-refractivity contribution in [3.05, 3.63) is 47.4 Å². The topological polar surface area (TPSA) is 88.9 Å². The number of amides is 1. The van der Waals surface area contributed by atoms with Crippen molar-refractivity contribution in [1.29, 1.82) is 0 Å². The number of hydrogen-bond donors (Lipinski definition) is 1. The molecule has 0 radical (unpaired) electrons. The van der Waals surface area contributed by atoms with Crippen molar-refractivity contribution in [2.45, 2.75) is 44.8 Å². The minimum atomic E-state index is -0.554. The van der Waals surface area contributed by atoms with Crippen LogP contribution >= 0.6 is 11.6 Å². The average molecular weight is 430 g/mol. The molecule has 1 N–H and O–H groups in total. The van der Waals surface area contributed by atoms with Gasteiger partial charge in [-0.3, -0.25) is 5.43 Å². The lowest BCUT2D eigenvalue weighted by atomic mass is 9.88. The van der Waals surface area contributed by atoms with Gasteiger partial charge in [0.2, 0.25) is 0 Å². The fraction of sp³-hybridized carbons (Fsp3) is 0.429. The molecule has 1 spiro atoms.